The highest BCUT2D eigenvalue weighted by Crippen LogP contribution is 2.14. The first-order chi connectivity index (χ1) is 4.04. The molecule has 0 aromatic rings. The van der Waals surface area contributed by atoms with Crippen LogP contribution in [0.2, 0.25) is 0 Å². The average molecular weight is 130 g/mol. The van der Waals surface area contributed by atoms with E-state index in [1.807, 2.05) is 6.92 Å². The summed E-state index contributed by atoms with van der Waals surface area (Å²) in [6.45, 7) is 6.83. The topological polar surface area (TPSA) is 52.0 Å². The maximum Gasteiger partial charge on any atom is 0.0275 e. The molecule has 2 atom stereocenters. The van der Waals surface area contributed by atoms with Gasteiger partial charge in [-0.1, -0.05) is 20.3 Å². The van der Waals surface area contributed by atoms with Gasteiger partial charge in [-0.25, -0.2) is 0 Å². The van der Waals surface area contributed by atoms with E-state index in [0.717, 1.165) is 6.42 Å². The molecule has 0 heterocycles. The molecule has 0 aromatic carbocycles. The Morgan fingerprint density at radius 1 is 1.56 bits per heavy atom. The Bertz CT molecular complexity index is 79.0. The summed E-state index contributed by atoms with van der Waals surface area (Å²) in [7, 11) is 0. The van der Waals surface area contributed by atoms with Gasteiger partial charge in [0.2, 0.25) is 0 Å². The summed E-state index contributed by atoms with van der Waals surface area (Å²) in [6.07, 6.45) is 1.10. The summed E-state index contributed by atoms with van der Waals surface area (Å²) in [5, 5.41) is 0. The van der Waals surface area contributed by atoms with Crippen LogP contribution in [0.25, 0.3) is 0 Å². The highest BCUT2D eigenvalue weighted by atomic mass is 14.8. The lowest BCUT2D eigenvalue weighted by Gasteiger charge is -2.29. The summed E-state index contributed by atoms with van der Waals surface area (Å²) in [4.78, 5) is 0. The third-order valence-electron chi connectivity index (χ3n) is 2.18. The number of rotatable bonds is 3. The maximum absolute atomic E-state index is 5.85. The van der Waals surface area contributed by atoms with E-state index < -0.39 is 0 Å². The lowest BCUT2D eigenvalue weighted by atomic mass is 9.86. The van der Waals surface area contributed by atoms with Gasteiger partial charge in [0.1, 0.15) is 0 Å². The molecule has 0 aliphatic rings. The van der Waals surface area contributed by atoms with Gasteiger partial charge in [-0.05, 0) is 12.8 Å². The lowest BCUT2D eigenvalue weighted by Crippen LogP contribution is -2.49. The molecule has 0 aliphatic heterocycles. The zero-order valence-electron chi connectivity index (χ0n) is 6.65. The molecule has 0 amide bonds. The van der Waals surface area contributed by atoms with Crippen molar-refractivity contribution in [3.8, 4) is 0 Å². The Labute approximate surface area is 57.6 Å². The van der Waals surface area contributed by atoms with Crippen LogP contribution in [0.1, 0.15) is 27.2 Å². The Hall–Kier alpha value is -0.0800. The van der Waals surface area contributed by atoms with Crippen molar-refractivity contribution in [3.05, 3.63) is 0 Å². The van der Waals surface area contributed by atoms with Gasteiger partial charge < -0.3 is 11.5 Å². The van der Waals surface area contributed by atoms with E-state index in [1.54, 1.807) is 0 Å². The third kappa shape index (κ3) is 2.33. The predicted molar refractivity (Wildman–Crippen MR) is 41.1 cm³/mol. The fourth-order valence-corrected chi connectivity index (χ4v) is 0.667. The molecule has 0 bridgehead atoms. The van der Waals surface area contributed by atoms with Gasteiger partial charge in [0, 0.05) is 12.1 Å². The molecule has 0 spiro atoms. The molecule has 0 rings (SSSR count). The van der Waals surface area contributed by atoms with Crippen LogP contribution in [0.3, 0.4) is 0 Å². The molecule has 56 valence electrons. The van der Waals surface area contributed by atoms with Gasteiger partial charge >= 0.3 is 0 Å². The Kier molecular flexibility index (Phi) is 3.15. The van der Waals surface area contributed by atoms with E-state index in [0.29, 0.717) is 12.5 Å². The van der Waals surface area contributed by atoms with Gasteiger partial charge in [-0.3, -0.25) is 0 Å². The van der Waals surface area contributed by atoms with E-state index in [2.05, 4.69) is 13.8 Å². The van der Waals surface area contributed by atoms with Crippen LogP contribution in [0.4, 0.5) is 0 Å². The molecular formula is C7H18N2. The summed E-state index contributed by atoms with van der Waals surface area (Å²) in [5.41, 5.74) is 11.1. The van der Waals surface area contributed by atoms with Gasteiger partial charge in [-0.15, -0.1) is 0 Å². The van der Waals surface area contributed by atoms with Crippen LogP contribution in [-0.4, -0.2) is 12.1 Å². The second kappa shape index (κ2) is 3.18. The van der Waals surface area contributed by atoms with Crippen molar-refractivity contribution < 1.29 is 0 Å². The first kappa shape index (κ1) is 8.92. The maximum atomic E-state index is 5.85. The molecule has 0 aromatic heterocycles. The van der Waals surface area contributed by atoms with E-state index in [-0.39, 0.29) is 5.54 Å². The van der Waals surface area contributed by atoms with Crippen LogP contribution in [-0.2, 0) is 0 Å². The molecule has 0 fully saturated rings. The standard InChI is InChI=1S/C7H18N2/c1-4-6(2)7(3,9)5-8/h6H,4-5,8-9H2,1-3H3. The minimum absolute atomic E-state index is 0.172. The highest BCUT2D eigenvalue weighted by molar-refractivity contribution is 4.84. The Morgan fingerprint density at radius 3 is 2.11 bits per heavy atom. The second-order valence-electron chi connectivity index (χ2n) is 3.02. The van der Waals surface area contributed by atoms with Crippen molar-refractivity contribution in [2.75, 3.05) is 6.54 Å². The third-order valence-corrected chi connectivity index (χ3v) is 2.18. The normalized spacial score (nSPS) is 21.0. The smallest absolute Gasteiger partial charge is 0.0275 e. The second-order valence-corrected chi connectivity index (χ2v) is 3.02. The van der Waals surface area contributed by atoms with Gasteiger partial charge in [0.15, 0.2) is 0 Å². The highest BCUT2D eigenvalue weighted by Gasteiger charge is 2.22. The summed E-state index contributed by atoms with van der Waals surface area (Å²) < 4.78 is 0. The van der Waals surface area contributed by atoms with Crippen LogP contribution in [0, 0.1) is 5.92 Å². The summed E-state index contributed by atoms with van der Waals surface area (Å²) in [5.74, 6) is 0.516. The van der Waals surface area contributed by atoms with Crippen LogP contribution in [0.5, 0.6) is 0 Å². The van der Waals surface area contributed by atoms with Crippen LogP contribution in [0.15, 0.2) is 0 Å². The van der Waals surface area contributed by atoms with E-state index >= 15 is 0 Å². The van der Waals surface area contributed by atoms with Crippen molar-refractivity contribution in [2.45, 2.75) is 32.7 Å². The zero-order chi connectivity index (χ0) is 7.49. The molecule has 0 aliphatic carbocycles. The fourth-order valence-electron chi connectivity index (χ4n) is 0.667. The molecule has 2 heteroatoms. The van der Waals surface area contributed by atoms with Crippen LogP contribution >= 0.6 is 0 Å². The fraction of sp³-hybridized carbons (Fsp3) is 1.00. The molecule has 2 unspecified atom stereocenters. The molecule has 4 N–H and O–H groups in total. The molecular weight excluding hydrogens is 112 g/mol. The predicted octanol–water partition coefficient (Wildman–Crippen LogP) is 0.709. The van der Waals surface area contributed by atoms with E-state index in [9.17, 15) is 0 Å². The van der Waals surface area contributed by atoms with Gasteiger partial charge in [0.05, 0.1) is 0 Å². The number of hydrogen-bond donors (Lipinski definition) is 2. The SMILES string of the molecule is CCC(C)C(C)(N)CN. The quantitative estimate of drug-likeness (QED) is 0.591. The lowest BCUT2D eigenvalue weighted by molar-refractivity contribution is 0.317. The number of hydrogen-bond acceptors (Lipinski definition) is 2. The zero-order valence-corrected chi connectivity index (χ0v) is 6.65. The minimum atomic E-state index is -0.172. The van der Waals surface area contributed by atoms with E-state index in [1.165, 1.54) is 0 Å². The molecule has 9 heavy (non-hydrogen) atoms. The molecule has 2 nitrogen and oxygen atoms in total. The van der Waals surface area contributed by atoms with Gasteiger partial charge in [-0.2, -0.15) is 0 Å². The molecule has 0 radical (unpaired) electrons. The van der Waals surface area contributed by atoms with Crippen molar-refractivity contribution in [2.24, 2.45) is 17.4 Å². The van der Waals surface area contributed by atoms with Crippen molar-refractivity contribution in [1.29, 1.82) is 0 Å². The largest absolute Gasteiger partial charge is 0.329 e. The first-order valence-corrected chi connectivity index (χ1v) is 3.53. The monoisotopic (exact) mass is 130 g/mol. The molecule has 0 saturated heterocycles. The average Bonchev–Trinajstić information content (AvgIpc) is 1.86. The summed E-state index contributed by atoms with van der Waals surface area (Å²) in [6, 6.07) is 0. The van der Waals surface area contributed by atoms with E-state index in [4.69, 9.17) is 11.5 Å². The van der Waals surface area contributed by atoms with Gasteiger partial charge in [0.25, 0.3) is 0 Å². The van der Waals surface area contributed by atoms with Crippen molar-refractivity contribution in [1.82, 2.24) is 0 Å². The minimum Gasteiger partial charge on any atom is -0.329 e. The van der Waals surface area contributed by atoms with Crippen molar-refractivity contribution >= 4 is 0 Å². The first-order valence-electron chi connectivity index (χ1n) is 3.53. The van der Waals surface area contributed by atoms with Crippen LogP contribution < -0.4 is 11.5 Å². The summed E-state index contributed by atoms with van der Waals surface area (Å²) >= 11 is 0. The Balaban J connectivity index is 3.80. The number of nitrogens with two attached hydrogens (primary N) is 2. The molecule has 0 saturated carbocycles. The van der Waals surface area contributed by atoms with Crippen molar-refractivity contribution in [3.63, 3.8) is 0 Å². The Morgan fingerprint density at radius 2 is 2.00 bits per heavy atom.